The summed E-state index contributed by atoms with van der Waals surface area (Å²) in [7, 11) is -5.11. The molecule has 0 amide bonds. The van der Waals surface area contributed by atoms with Crippen molar-refractivity contribution in [1.29, 1.82) is 0 Å². The van der Waals surface area contributed by atoms with Crippen molar-refractivity contribution in [3.63, 3.8) is 0 Å². The maximum Gasteiger partial charge on any atom is 0.472 e. The van der Waals surface area contributed by atoms with E-state index in [0.29, 0.717) is 12.8 Å². The first-order valence-electron chi connectivity index (χ1n) is 21.5. The summed E-state index contributed by atoms with van der Waals surface area (Å²) in [6.07, 6.45) is 18.6. The highest BCUT2D eigenvalue weighted by Gasteiger charge is 2.51. The van der Waals surface area contributed by atoms with Gasteiger partial charge in [-0.25, -0.2) is 4.57 Å². The highest BCUT2D eigenvalue weighted by Crippen LogP contribution is 2.47. The first-order valence-corrected chi connectivity index (χ1v) is 23.0. The predicted octanol–water partition coefficient (Wildman–Crippen LogP) is 7.50. The Kier molecular flexibility index (Phi) is 30.5. The molecule has 0 radical (unpaired) electrons. The van der Waals surface area contributed by atoms with Gasteiger partial charge in [0.2, 0.25) is 0 Å². The van der Waals surface area contributed by atoms with Gasteiger partial charge in [-0.15, -0.1) is 0 Å². The third-order valence-electron chi connectivity index (χ3n) is 10.1. The number of aliphatic hydroxyl groups is 5. The van der Waals surface area contributed by atoms with Crippen LogP contribution in [0.25, 0.3) is 0 Å². The third kappa shape index (κ3) is 25.5. The maximum atomic E-state index is 12.8. The highest BCUT2D eigenvalue weighted by atomic mass is 31.2. The van der Waals surface area contributed by atoms with Crippen LogP contribution in [-0.2, 0) is 32.7 Å². The Morgan fingerprint density at radius 2 is 0.982 bits per heavy atom. The van der Waals surface area contributed by atoms with Crippen LogP contribution >= 0.6 is 7.82 Å². The van der Waals surface area contributed by atoms with Gasteiger partial charge in [0.15, 0.2) is 6.10 Å². The molecule has 6 N–H and O–H groups in total. The normalized spacial score (nSPS) is 23.1. The summed E-state index contributed by atoms with van der Waals surface area (Å²) in [6, 6.07) is 0. The molecule has 0 aromatic rings. The van der Waals surface area contributed by atoms with Crippen LogP contribution in [0.1, 0.15) is 181 Å². The summed E-state index contributed by atoms with van der Waals surface area (Å²) in [6.45, 7) is 3.19. The smallest absolute Gasteiger partial charge is 0.462 e. The van der Waals surface area contributed by atoms with Gasteiger partial charge in [-0.2, -0.15) is 0 Å². The van der Waals surface area contributed by atoms with Crippen LogP contribution in [0.2, 0.25) is 0 Å². The maximum absolute atomic E-state index is 12.8. The number of esters is 2. The lowest BCUT2D eigenvalue weighted by Gasteiger charge is -2.41. The van der Waals surface area contributed by atoms with Crippen molar-refractivity contribution >= 4 is 19.8 Å². The van der Waals surface area contributed by atoms with Gasteiger partial charge < -0.3 is 39.9 Å². The molecule has 3 unspecified atom stereocenters. The molecular formula is C41H77O13P. The predicted molar refractivity (Wildman–Crippen MR) is 212 cm³/mol. The molecule has 1 aliphatic rings. The second-order valence-corrected chi connectivity index (χ2v) is 16.6. The van der Waals surface area contributed by atoms with Crippen LogP contribution in [0.4, 0.5) is 0 Å². The minimum atomic E-state index is -5.11. The van der Waals surface area contributed by atoms with E-state index in [4.69, 9.17) is 18.5 Å². The Labute approximate surface area is 331 Å². The van der Waals surface area contributed by atoms with Crippen molar-refractivity contribution in [2.75, 3.05) is 13.2 Å². The fourth-order valence-electron chi connectivity index (χ4n) is 6.64. The van der Waals surface area contributed by atoms with Crippen molar-refractivity contribution in [2.45, 2.75) is 224 Å². The molecule has 1 rings (SSSR count). The third-order valence-corrected chi connectivity index (χ3v) is 11.1. The average molecular weight is 809 g/mol. The lowest BCUT2D eigenvalue weighted by atomic mass is 9.85. The number of rotatable bonds is 35. The lowest BCUT2D eigenvalue weighted by Crippen LogP contribution is -2.64. The van der Waals surface area contributed by atoms with Crippen molar-refractivity contribution in [2.24, 2.45) is 0 Å². The van der Waals surface area contributed by atoms with Gasteiger partial charge in [-0.3, -0.25) is 18.6 Å². The summed E-state index contributed by atoms with van der Waals surface area (Å²) >= 11 is 0. The molecule has 0 saturated heterocycles. The van der Waals surface area contributed by atoms with Gasteiger partial charge >= 0.3 is 19.8 Å². The molecule has 14 heteroatoms. The number of hydrogen-bond acceptors (Lipinski definition) is 12. The van der Waals surface area contributed by atoms with Gasteiger partial charge in [0.05, 0.1) is 6.61 Å². The van der Waals surface area contributed by atoms with E-state index in [1.165, 1.54) is 70.6 Å². The van der Waals surface area contributed by atoms with Crippen LogP contribution < -0.4 is 0 Å². The van der Waals surface area contributed by atoms with Crippen molar-refractivity contribution in [3.8, 4) is 0 Å². The molecule has 8 atom stereocenters. The van der Waals surface area contributed by atoms with Crippen molar-refractivity contribution in [1.82, 2.24) is 0 Å². The molecule has 1 fully saturated rings. The molecule has 0 heterocycles. The number of carbonyl (C=O) groups excluding carboxylic acids is 2. The molecule has 324 valence electrons. The van der Waals surface area contributed by atoms with Crippen LogP contribution in [0.5, 0.6) is 0 Å². The molecule has 0 aromatic heterocycles. The largest absolute Gasteiger partial charge is 0.472 e. The second kappa shape index (κ2) is 32.5. The molecule has 0 aromatic carbocycles. The molecule has 0 aliphatic heterocycles. The molecule has 55 heavy (non-hydrogen) atoms. The number of allylic oxidation sites excluding steroid dienone is 2. The minimum absolute atomic E-state index is 0.0945. The van der Waals surface area contributed by atoms with Gasteiger partial charge in [-0.1, -0.05) is 148 Å². The SMILES string of the molecule is CC/C=C/CCCCCCCCCC(=O)O[C@H](COC(=O)CCCCCCCCCCCCCCCCC)COP(=O)(O)OC1[C@H](O)[C@H](O)C(O)[C@H](O)[C@H]1O. The molecule has 0 spiro atoms. The highest BCUT2D eigenvalue weighted by molar-refractivity contribution is 7.47. The fourth-order valence-corrected chi connectivity index (χ4v) is 7.62. The Hall–Kier alpha value is -1.41. The monoisotopic (exact) mass is 809 g/mol. The van der Waals surface area contributed by atoms with Gasteiger partial charge in [-0.05, 0) is 32.1 Å². The zero-order valence-electron chi connectivity index (χ0n) is 34.0. The number of phosphoric ester groups is 1. The number of ether oxygens (including phenoxy) is 2. The first-order chi connectivity index (χ1) is 26.4. The number of unbranched alkanes of at least 4 members (excludes halogenated alkanes) is 21. The summed E-state index contributed by atoms with van der Waals surface area (Å²) in [5.74, 6) is -1.10. The zero-order valence-corrected chi connectivity index (χ0v) is 34.9. The molecule has 0 bridgehead atoms. The Morgan fingerprint density at radius 3 is 1.45 bits per heavy atom. The average Bonchev–Trinajstić information content (AvgIpc) is 3.16. The standard InChI is InChI=1S/C41H77O13P/c1-3-5-7-9-11-13-15-16-17-18-20-21-23-25-27-29-34(42)51-31-33(53-35(43)30-28-26-24-22-19-14-12-10-8-6-4-2)32-52-55(49,50)54-41-39(47)37(45)36(44)38(46)40(41)48/h6,8,33,36-41,44-48H,3-5,7,9-32H2,1-2H3,(H,49,50)/b8-6+/t33-,36?,37-,38+,39-,40-,41?/m1/s1. The first kappa shape index (κ1) is 51.6. The summed E-state index contributed by atoms with van der Waals surface area (Å²) < 4.78 is 33.4. The van der Waals surface area contributed by atoms with Gasteiger partial charge in [0, 0.05) is 12.8 Å². The van der Waals surface area contributed by atoms with E-state index in [0.717, 1.165) is 70.6 Å². The Morgan fingerprint density at radius 1 is 0.564 bits per heavy atom. The number of hydrogen-bond donors (Lipinski definition) is 6. The quantitative estimate of drug-likeness (QED) is 0.0159. The van der Waals surface area contributed by atoms with E-state index in [1.54, 1.807) is 0 Å². The fraction of sp³-hybridized carbons (Fsp3) is 0.902. The number of carbonyl (C=O) groups is 2. The Bertz CT molecular complexity index is 1030. The number of aliphatic hydroxyl groups excluding tert-OH is 5. The molecule has 13 nitrogen and oxygen atoms in total. The van der Waals surface area contributed by atoms with Crippen molar-refractivity contribution in [3.05, 3.63) is 12.2 Å². The summed E-state index contributed by atoms with van der Waals surface area (Å²) in [5, 5.41) is 50.0. The van der Waals surface area contributed by atoms with Crippen LogP contribution in [0, 0.1) is 0 Å². The topological polar surface area (TPSA) is 210 Å². The summed E-state index contributed by atoms with van der Waals surface area (Å²) in [5.41, 5.74) is 0. The van der Waals surface area contributed by atoms with Crippen LogP contribution in [0.3, 0.4) is 0 Å². The van der Waals surface area contributed by atoms with E-state index in [1.807, 2.05) is 0 Å². The summed E-state index contributed by atoms with van der Waals surface area (Å²) in [4.78, 5) is 35.5. The van der Waals surface area contributed by atoms with E-state index in [9.17, 15) is 44.6 Å². The number of phosphoric acid groups is 1. The van der Waals surface area contributed by atoms with Crippen LogP contribution in [0.15, 0.2) is 12.2 Å². The van der Waals surface area contributed by atoms with E-state index < -0.39 is 75.7 Å². The van der Waals surface area contributed by atoms with Gasteiger partial charge in [0.25, 0.3) is 0 Å². The molecular weight excluding hydrogens is 731 g/mol. The van der Waals surface area contributed by atoms with Crippen LogP contribution in [-0.4, -0.2) is 98.3 Å². The lowest BCUT2D eigenvalue weighted by molar-refractivity contribution is -0.220. The van der Waals surface area contributed by atoms with E-state index >= 15 is 0 Å². The molecule has 1 saturated carbocycles. The second-order valence-electron chi connectivity index (χ2n) is 15.2. The van der Waals surface area contributed by atoms with E-state index in [2.05, 4.69) is 26.0 Å². The van der Waals surface area contributed by atoms with Gasteiger partial charge in [0.1, 0.15) is 43.2 Å². The zero-order chi connectivity index (χ0) is 40.7. The minimum Gasteiger partial charge on any atom is -0.462 e. The molecule has 1 aliphatic carbocycles. The Balaban J connectivity index is 2.47. The van der Waals surface area contributed by atoms with E-state index in [-0.39, 0.29) is 12.8 Å². The van der Waals surface area contributed by atoms with Crippen molar-refractivity contribution < 1.29 is 63.1 Å².